The smallest absolute Gasteiger partial charge is 0.317 e. The van der Waals surface area contributed by atoms with E-state index in [1.54, 1.807) is 0 Å². The molecule has 3 nitrogen and oxygen atoms in total. The third-order valence-corrected chi connectivity index (χ3v) is 5.25. The van der Waals surface area contributed by atoms with Gasteiger partial charge in [0.2, 0.25) is 0 Å². The Bertz CT molecular complexity index is 655. The van der Waals surface area contributed by atoms with E-state index in [4.69, 9.17) is 4.74 Å². The number of methoxy groups -OCH3 is 1. The monoisotopic (exact) mass is 321 g/mol. The van der Waals surface area contributed by atoms with Crippen LogP contribution < -0.4 is 0 Å². The minimum atomic E-state index is -0.463. The van der Waals surface area contributed by atoms with Gasteiger partial charge in [0.15, 0.2) is 0 Å². The van der Waals surface area contributed by atoms with E-state index < -0.39 is 5.41 Å². The molecule has 3 rings (SSSR count). The predicted octanol–water partition coefficient (Wildman–Crippen LogP) is 3.60. The maximum Gasteiger partial charge on any atom is 0.317 e. The van der Waals surface area contributed by atoms with Crippen molar-refractivity contribution in [1.29, 1.82) is 0 Å². The zero-order valence-corrected chi connectivity index (χ0v) is 12.7. The van der Waals surface area contributed by atoms with Crippen LogP contribution in [0, 0.1) is 6.92 Å². The predicted molar refractivity (Wildman–Crippen MR) is 77.4 cm³/mol. The van der Waals surface area contributed by atoms with Crippen molar-refractivity contribution in [2.24, 2.45) is 0 Å². The number of aromatic nitrogens is 1. The highest BCUT2D eigenvalue weighted by Crippen LogP contribution is 2.48. The molecule has 100 valence electrons. The first kappa shape index (κ1) is 12.7. The lowest BCUT2D eigenvalue weighted by atomic mass is 9.65. The fourth-order valence-corrected chi connectivity index (χ4v) is 3.66. The molecule has 0 N–H and O–H groups in total. The molecule has 2 aromatic rings. The lowest BCUT2D eigenvalue weighted by Crippen LogP contribution is -2.44. The quantitative estimate of drug-likeness (QED) is 0.791. The van der Waals surface area contributed by atoms with Crippen LogP contribution in [0.3, 0.4) is 0 Å². The van der Waals surface area contributed by atoms with Crippen molar-refractivity contribution >= 4 is 27.4 Å². The van der Waals surface area contributed by atoms with Gasteiger partial charge in [0.05, 0.1) is 12.6 Å². The molecule has 0 aromatic carbocycles. The molecule has 4 heteroatoms. The lowest BCUT2D eigenvalue weighted by molar-refractivity contribution is -0.151. The van der Waals surface area contributed by atoms with Crippen molar-refractivity contribution in [2.75, 3.05) is 7.11 Å². The fourth-order valence-electron chi connectivity index (χ4n) is 3.15. The molecule has 1 aliphatic carbocycles. The highest BCUT2D eigenvalue weighted by Gasteiger charge is 2.49. The molecule has 0 amide bonds. The van der Waals surface area contributed by atoms with Crippen molar-refractivity contribution < 1.29 is 9.53 Å². The van der Waals surface area contributed by atoms with Gasteiger partial charge in [-0.25, -0.2) is 0 Å². The van der Waals surface area contributed by atoms with Crippen LogP contribution in [0.4, 0.5) is 0 Å². The minimum Gasteiger partial charge on any atom is -0.468 e. The van der Waals surface area contributed by atoms with Crippen LogP contribution in [-0.4, -0.2) is 17.5 Å². The van der Waals surface area contributed by atoms with Gasteiger partial charge in [-0.2, -0.15) is 0 Å². The summed E-state index contributed by atoms with van der Waals surface area (Å²) in [4.78, 5) is 12.3. The number of rotatable bonds is 2. The normalized spacial score (nSPS) is 17.2. The molecule has 1 aliphatic rings. The summed E-state index contributed by atoms with van der Waals surface area (Å²) < 4.78 is 8.25. The molecular weight excluding hydrogens is 306 g/mol. The molecule has 0 saturated heterocycles. The topological polar surface area (TPSA) is 30.7 Å². The summed E-state index contributed by atoms with van der Waals surface area (Å²) in [5, 5.41) is 0. The van der Waals surface area contributed by atoms with Gasteiger partial charge in [-0.1, -0.05) is 12.5 Å². The van der Waals surface area contributed by atoms with Crippen LogP contribution in [-0.2, 0) is 14.9 Å². The zero-order valence-electron chi connectivity index (χ0n) is 11.1. The molecule has 0 unspecified atom stereocenters. The Hall–Kier alpha value is -1.29. The standard InChI is InChI=1S/C15H16BrNO2/c1-10-12(16)11-6-3-4-9-17(11)13(10)15(7-5-8-15)14(18)19-2/h3-4,6,9H,5,7-8H2,1-2H3. The summed E-state index contributed by atoms with van der Waals surface area (Å²) in [7, 11) is 1.47. The van der Waals surface area contributed by atoms with Gasteiger partial charge >= 0.3 is 5.97 Å². The maximum absolute atomic E-state index is 12.3. The summed E-state index contributed by atoms with van der Waals surface area (Å²) in [5.41, 5.74) is 2.85. The Morgan fingerprint density at radius 3 is 2.74 bits per heavy atom. The SMILES string of the molecule is COC(=O)C1(c2c(C)c(Br)c3ccccn23)CCC1. The van der Waals surface area contributed by atoms with Crippen LogP contribution >= 0.6 is 15.9 Å². The summed E-state index contributed by atoms with van der Waals surface area (Å²) in [6.07, 6.45) is 4.83. The second-order valence-electron chi connectivity index (χ2n) is 5.17. The molecule has 0 aliphatic heterocycles. The second-order valence-corrected chi connectivity index (χ2v) is 5.96. The number of carbonyl (C=O) groups excluding carboxylic acids is 1. The highest BCUT2D eigenvalue weighted by atomic mass is 79.9. The van der Waals surface area contributed by atoms with Crippen LogP contribution in [0.15, 0.2) is 28.9 Å². The van der Waals surface area contributed by atoms with E-state index >= 15 is 0 Å². The van der Waals surface area contributed by atoms with Crippen molar-refractivity contribution in [3.8, 4) is 0 Å². The van der Waals surface area contributed by atoms with Gasteiger partial charge in [0.25, 0.3) is 0 Å². The van der Waals surface area contributed by atoms with E-state index in [1.165, 1.54) is 7.11 Å². The van der Waals surface area contributed by atoms with Gasteiger partial charge in [-0.3, -0.25) is 4.79 Å². The number of halogens is 1. The second kappa shape index (κ2) is 4.37. The number of nitrogens with zero attached hydrogens (tertiary/aromatic N) is 1. The molecule has 1 saturated carbocycles. The van der Waals surface area contributed by atoms with Crippen LogP contribution in [0.25, 0.3) is 5.52 Å². The van der Waals surface area contributed by atoms with Gasteiger partial charge in [0, 0.05) is 16.4 Å². The fraction of sp³-hybridized carbons (Fsp3) is 0.400. The van der Waals surface area contributed by atoms with Crippen LogP contribution in [0.5, 0.6) is 0 Å². The van der Waals surface area contributed by atoms with Gasteiger partial charge in [-0.15, -0.1) is 0 Å². The third kappa shape index (κ3) is 1.59. The number of fused-ring (bicyclic) bond motifs is 1. The Balaban J connectivity index is 2.30. The van der Waals surface area contributed by atoms with Gasteiger partial charge in [0.1, 0.15) is 5.41 Å². The lowest BCUT2D eigenvalue weighted by Gasteiger charge is -2.39. The number of pyridine rings is 1. The molecule has 19 heavy (non-hydrogen) atoms. The summed E-state index contributed by atoms with van der Waals surface area (Å²) >= 11 is 3.65. The van der Waals surface area contributed by atoms with Crippen molar-refractivity contribution in [3.63, 3.8) is 0 Å². The molecular formula is C15H16BrNO2. The minimum absolute atomic E-state index is 0.113. The number of ether oxygens (including phenoxy) is 1. The van der Waals surface area contributed by atoms with E-state index in [1.807, 2.05) is 18.3 Å². The highest BCUT2D eigenvalue weighted by molar-refractivity contribution is 9.10. The number of hydrogen-bond acceptors (Lipinski definition) is 2. The van der Waals surface area contributed by atoms with E-state index in [2.05, 4.69) is 33.3 Å². The molecule has 2 aromatic heterocycles. The Labute approximate surface area is 120 Å². The largest absolute Gasteiger partial charge is 0.468 e. The summed E-state index contributed by atoms with van der Waals surface area (Å²) in [5.74, 6) is -0.113. The molecule has 2 heterocycles. The molecule has 0 atom stereocenters. The maximum atomic E-state index is 12.3. The zero-order chi connectivity index (χ0) is 13.6. The first-order valence-corrected chi connectivity index (χ1v) is 7.25. The first-order chi connectivity index (χ1) is 9.12. The summed E-state index contributed by atoms with van der Waals surface area (Å²) in [6, 6.07) is 6.06. The Morgan fingerprint density at radius 2 is 2.16 bits per heavy atom. The van der Waals surface area contributed by atoms with Crippen LogP contribution in [0.1, 0.15) is 30.5 Å². The van der Waals surface area contributed by atoms with E-state index in [0.29, 0.717) is 0 Å². The van der Waals surface area contributed by atoms with E-state index in [-0.39, 0.29) is 5.97 Å². The van der Waals surface area contributed by atoms with Crippen molar-refractivity contribution in [3.05, 3.63) is 40.1 Å². The molecule has 0 bridgehead atoms. The van der Waals surface area contributed by atoms with Crippen molar-refractivity contribution in [1.82, 2.24) is 4.40 Å². The average Bonchev–Trinajstić information content (AvgIpc) is 2.63. The molecule has 0 radical (unpaired) electrons. The van der Waals surface area contributed by atoms with Crippen molar-refractivity contribution in [2.45, 2.75) is 31.6 Å². The number of esters is 1. The first-order valence-electron chi connectivity index (χ1n) is 6.46. The van der Waals surface area contributed by atoms with Crippen LogP contribution in [0.2, 0.25) is 0 Å². The number of hydrogen-bond donors (Lipinski definition) is 0. The third-order valence-electron chi connectivity index (χ3n) is 4.25. The van der Waals surface area contributed by atoms with E-state index in [0.717, 1.165) is 40.5 Å². The Morgan fingerprint density at radius 1 is 1.42 bits per heavy atom. The number of carbonyl (C=O) groups is 1. The Kier molecular flexibility index (Phi) is 2.93. The molecule has 1 fully saturated rings. The van der Waals surface area contributed by atoms with Gasteiger partial charge < -0.3 is 9.14 Å². The molecule has 0 spiro atoms. The summed E-state index contributed by atoms with van der Waals surface area (Å²) in [6.45, 7) is 2.06. The van der Waals surface area contributed by atoms with E-state index in [9.17, 15) is 4.79 Å². The van der Waals surface area contributed by atoms with Gasteiger partial charge in [-0.05, 0) is 53.4 Å². The average molecular weight is 322 g/mol.